The van der Waals surface area contributed by atoms with Crippen molar-refractivity contribution in [2.24, 2.45) is 0 Å². The van der Waals surface area contributed by atoms with Gasteiger partial charge in [0, 0.05) is 19.3 Å². The Bertz CT molecular complexity index is 1110. The van der Waals surface area contributed by atoms with Crippen molar-refractivity contribution in [1.29, 1.82) is 0 Å². The number of carbonyl (C=O) groups is 3. The Kier molecular flexibility index (Phi) is 49.8. The SMILES string of the molecule is CCCCC/C=C\C/C=C\C/C=C\CCCCCCC(=O)OC[C@H](COC(=O)CCCCCCCCCCCCCCC)OC(=O)CCCCCCCCC/C=C\CCCCCC. The molecule has 1 atom stereocenters. The highest BCUT2D eigenvalue weighted by Crippen LogP contribution is 2.15. The monoisotopic (exact) mass is 883 g/mol. The number of unbranched alkanes of at least 4 members (excludes halogenated alkanes) is 30. The molecule has 0 aliphatic heterocycles. The fourth-order valence-electron chi connectivity index (χ4n) is 7.68. The Hall–Kier alpha value is -2.63. The van der Waals surface area contributed by atoms with Crippen molar-refractivity contribution < 1.29 is 28.6 Å². The molecule has 0 aromatic rings. The van der Waals surface area contributed by atoms with Crippen LogP contribution in [0.25, 0.3) is 0 Å². The first-order chi connectivity index (χ1) is 31.0. The Morgan fingerprint density at radius 2 is 0.571 bits per heavy atom. The van der Waals surface area contributed by atoms with Crippen molar-refractivity contribution in [3.05, 3.63) is 48.6 Å². The highest BCUT2D eigenvalue weighted by Gasteiger charge is 2.19. The summed E-state index contributed by atoms with van der Waals surface area (Å²) in [4.78, 5) is 38.0. The van der Waals surface area contributed by atoms with Gasteiger partial charge in [0.2, 0.25) is 0 Å². The van der Waals surface area contributed by atoms with Crippen LogP contribution in [0.2, 0.25) is 0 Å². The van der Waals surface area contributed by atoms with Gasteiger partial charge in [-0.15, -0.1) is 0 Å². The van der Waals surface area contributed by atoms with E-state index in [0.29, 0.717) is 19.3 Å². The van der Waals surface area contributed by atoms with E-state index in [4.69, 9.17) is 14.2 Å². The normalized spacial score (nSPS) is 12.4. The van der Waals surface area contributed by atoms with Crippen LogP contribution >= 0.6 is 0 Å². The maximum Gasteiger partial charge on any atom is 0.306 e. The summed E-state index contributed by atoms with van der Waals surface area (Å²) in [7, 11) is 0. The molecule has 0 spiro atoms. The number of allylic oxidation sites excluding steroid dienone is 8. The highest BCUT2D eigenvalue weighted by molar-refractivity contribution is 5.71. The Balaban J connectivity index is 4.40. The zero-order valence-corrected chi connectivity index (χ0v) is 41.8. The molecular weight excluding hydrogens is 781 g/mol. The molecule has 63 heavy (non-hydrogen) atoms. The molecule has 0 aliphatic carbocycles. The lowest BCUT2D eigenvalue weighted by molar-refractivity contribution is -0.167. The second-order valence-electron chi connectivity index (χ2n) is 18.1. The van der Waals surface area contributed by atoms with Gasteiger partial charge < -0.3 is 14.2 Å². The largest absolute Gasteiger partial charge is 0.462 e. The minimum absolute atomic E-state index is 0.0795. The third-order valence-electron chi connectivity index (χ3n) is 11.8. The molecule has 0 saturated carbocycles. The van der Waals surface area contributed by atoms with Crippen molar-refractivity contribution in [2.75, 3.05) is 13.2 Å². The molecule has 0 fully saturated rings. The molecule has 0 unspecified atom stereocenters. The van der Waals surface area contributed by atoms with Crippen molar-refractivity contribution in [1.82, 2.24) is 0 Å². The van der Waals surface area contributed by atoms with Crippen LogP contribution in [0.15, 0.2) is 48.6 Å². The zero-order chi connectivity index (χ0) is 45.8. The number of hydrogen-bond donors (Lipinski definition) is 0. The molecule has 0 radical (unpaired) electrons. The third-order valence-corrected chi connectivity index (χ3v) is 11.8. The van der Waals surface area contributed by atoms with Gasteiger partial charge in [0.05, 0.1) is 0 Å². The number of esters is 3. The molecule has 0 saturated heterocycles. The van der Waals surface area contributed by atoms with Crippen LogP contribution in [0.1, 0.15) is 278 Å². The topological polar surface area (TPSA) is 78.9 Å². The molecule has 0 heterocycles. The van der Waals surface area contributed by atoms with Gasteiger partial charge in [-0.25, -0.2) is 0 Å². The summed E-state index contributed by atoms with van der Waals surface area (Å²) in [5.41, 5.74) is 0. The quantitative estimate of drug-likeness (QED) is 0.0262. The van der Waals surface area contributed by atoms with E-state index in [0.717, 1.165) is 83.5 Å². The van der Waals surface area contributed by atoms with Crippen LogP contribution < -0.4 is 0 Å². The van der Waals surface area contributed by atoms with Gasteiger partial charge in [-0.1, -0.05) is 223 Å². The van der Waals surface area contributed by atoms with Crippen molar-refractivity contribution in [3.63, 3.8) is 0 Å². The first kappa shape index (κ1) is 60.4. The summed E-state index contributed by atoms with van der Waals surface area (Å²) in [6.45, 7) is 6.59. The summed E-state index contributed by atoms with van der Waals surface area (Å²) < 4.78 is 16.8. The summed E-state index contributed by atoms with van der Waals surface area (Å²) in [6.07, 6.45) is 62.3. The number of rotatable bonds is 49. The average Bonchev–Trinajstić information content (AvgIpc) is 3.28. The highest BCUT2D eigenvalue weighted by atomic mass is 16.6. The van der Waals surface area contributed by atoms with E-state index in [1.165, 1.54) is 154 Å². The van der Waals surface area contributed by atoms with Gasteiger partial charge >= 0.3 is 17.9 Å². The number of hydrogen-bond acceptors (Lipinski definition) is 6. The summed E-state index contributed by atoms with van der Waals surface area (Å²) in [5, 5.41) is 0. The van der Waals surface area contributed by atoms with Crippen LogP contribution in [-0.2, 0) is 28.6 Å². The first-order valence-corrected chi connectivity index (χ1v) is 27.1. The predicted octanol–water partition coefficient (Wildman–Crippen LogP) is 17.9. The second kappa shape index (κ2) is 52.0. The zero-order valence-electron chi connectivity index (χ0n) is 41.8. The Labute approximate surface area is 390 Å². The first-order valence-electron chi connectivity index (χ1n) is 27.1. The van der Waals surface area contributed by atoms with Gasteiger partial charge in [0.15, 0.2) is 6.10 Å². The van der Waals surface area contributed by atoms with Gasteiger partial charge in [-0.2, -0.15) is 0 Å². The minimum atomic E-state index is -0.781. The maximum atomic E-state index is 12.8. The lowest BCUT2D eigenvalue weighted by Crippen LogP contribution is -2.30. The van der Waals surface area contributed by atoms with E-state index >= 15 is 0 Å². The molecule has 0 rings (SSSR count). The minimum Gasteiger partial charge on any atom is -0.462 e. The van der Waals surface area contributed by atoms with Crippen molar-refractivity contribution in [2.45, 2.75) is 284 Å². The summed E-state index contributed by atoms with van der Waals surface area (Å²) in [5.74, 6) is -0.896. The van der Waals surface area contributed by atoms with Crippen molar-refractivity contribution >= 4 is 17.9 Å². The van der Waals surface area contributed by atoms with E-state index in [1.54, 1.807) is 0 Å². The van der Waals surface area contributed by atoms with Gasteiger partial charge in [-0.3, -0.25) is 14.4 Å². The van der Waals surface area contributed by atoms with Gasteiger partial charge in [-0.05, 0) is 83.5 Å². The van der Waals surface area contributed by atoms with Gasteiger partial charge in [0.25, 0.3) is 0 Å². The smallest absolute Gasteiger partial charge is 0.306 e. The molecule has 0 bridgehead atoms. The summed E-state index contributed by atoms with van der Waals surface area (Å²) >= 11 is 0. The second-order valence-corrected chi connectivity index (χ2v) is 18.1. The Morgan fingerprint density at radius 3 is 0.952 bits per heavy atom. The molecule has 6 heteroatoms. The molecule has 0 aromatic carbocycles. The fourth-order valence-corrected chi connectivity index (χ4v) is 7.68. The van der Waals surface area contributed by atoms with Crippen LogP contribution in [0.5, 0.6) is 0 Å². The van der Waals surface area contributed by atoms with E-state index in [-0.39, 0.29) is 31.1 Å². The van der Waals surface area contributed by atoms with Crippen LogP contribution in [0.3, 0.4) is 0 Å². The van der Waals surface area contributed by atoms with Crippen LogP contribution in [-0.4, -0.2) is 37.2 Å². The van der Waals surface area contributed by atoms with E-state index in [9.17, 15) is 14.4 Å². The average molecular weight is 883 g/mol. The van der Waals surface area contributed by atoms with Gasteiger partial charge in [0.1, 0.15) is 13.2 Å². The lowest BCUT2D eigenvalue weighted by Gasteiger charge is -2.18. The molecular formula is C57H102O6. The van der Waals surface area contributed by atoms with Crippen LogP contribution in [0, 0.1) is 0 Å². The van der Waals surface area contributed by atoms with E-state index in [2.05, 4.69) is 69.4 Å². The molecule has 0 amide bonds. The molecule has 6 nitrogen and oxygen atoms in total. The maximum absolute atomic E-state index is 12.8. The number of carbonyl (C=O) groups excluding carboxylic acids is 3. The standard InChI is InChI=1S/C57H102O6/c1-4-7-10-13-16-19-22-25-27-28-30-32-35-38-41-44-47-50-56(59)62-53-54(52-61-55(58)49-46-43-40-37-34-31-24-21-18-15-12-9-6-3)63-57(60)51-48-45-42-39-36-33-29-26-23-20-17-14-11-8-5-2/h16,19-20,23,25,27,30,32,54H,4-15,17-18,21-22,24,26,28-29,31,33-53H2,1-3H3/b19-16-,23-20-,27-25-,32-30-/t54-/m0/s1. The fraction of sp³-hybridized carbons (Fsp3) is 0.807. The van der Waals surface area contributed by atoms with E-state index < -0.39 is 6.10 Å². The molecule has 0 aromatic heterocycles. The Morgan fingerprint density at radius 1 is 0.317 bits per heavy atom. The van der Waals surface area contributed by atoms with Crippen molar-refractivity contribution in [3.8, 4) is 0 Å². The van der Waals surface area contributed by atoms with Crippen LogP contribution in [0.4, 0.5) is 0 Å². The predicted molar refractivity (Wildman–Crippen MR) is 270 cm³/mol. The molecule has 366 valence electrons. The molecule has 0 N–H and O–H groups in total. The lowest BCUT2D eigenvalue weighted by atomic mass is 10.0. The third kappa shape index (κ3) is 50.2. The molecule has 0 aliphatic rings. The van der Waals surface area contributed by atoms with E-state index in [1.807, 2.05) is 0 Å². The summed E-state index contributed by atoms with van der Waals surface area (Å²) in [6, 6.07) is 0. The number of ether oxygens (including phenoxy) is 3.